The molecule has 1 aromatic rings. The van der Waals surface area contributed by atoms with E-state index < -0.39 is 27.9 Å². The van der Waals surface area contributed by atoms with Crippen molar-refractivity contribution < 1.29 is 23.1 Å². The fraction of sp³-hybridized carbons (Fsp3) is 0.375. The van der Waals surface area contributed by atoms with Gasteiger partial charge in [0.2, 0.25) is 10.0 Å². The Kier molecular flexibility index (Phi) is 7.60. The number of nitrogens with one attached hydrogen (secondary N) is 2. The lowest BCUT2D eigenvalue weighted by Crippen LogP contribution is -2.40. The summed E-state index contributed by atoms with van der Waals surface area (Å²) in [5.74, 6) is -1.65. The number of carboxylic acids is 1. The second-order valence-electron chi connectivity index (χ2n) is 5.17. The summed E-state index contributed by atoms with van der Waals surface area (Å²) in [7, 11) is -3.66. The van der Waals surface area contributed by atoms with E-state index >= 15 is 0 Å². The number of rotatable bonds is 10. The molecule has 1 aromatic carbocycles. The van der Waals surface area contributed by atoms with Gasteiger partial charge in [0, 0.05) is 12.1 Å². The highest BCUT2D eigenvalue weighted by molar-refractivity contribution is 7.89. The van der Waals surface area contributed by atoms with Crippen molar-refractivity contribution in [2.45, 2.75) is 37.1 Å². The zero-order valence-electron chi connectivity index (χ0n) is 13.5. The van der Waals surface area contributed by atoms with Gasteiger partial charge in [-0.1, -0.05) is 25.8 Å². The number of carboxylic acid groups (broad SMARTS) is 1. The van der Waals surface area contributed by atoms with E-state index in [0.29, 0.717) is 12.8 Å². The van der Waals surface area contributed by atoms with Gasteiger partial charge in [0.1, 0.15) is 6.04 Å². The van der Waals surface area contributed by atoms with Crippen molar-refractivity contribution in [1.29, 1.82) is 0 Å². The largest absolute Gasteiger partial charge is 0.480 e. The molecule has 7 nitrogen and oxygen atoms in total. The number of carbonyl (C=O) groups excluding carboxylic acids is 1. The van der Waals surface area contributed by atoms with E-state index in [-0.39, 0.29) is 17.0 Å². The molecule has 8 heteroatoms. The maximum atomic E-state index is 12.1. The van der Waals surface area contributed by atoms with Gasteiger partial charge in [-0.3, -0.25) is 4.79 Å². The molecule has 0 aliphatic heterocycles. The molecule has 1 amide bonds. The van der Waals surface area contributed by atoms with Crippen molar-refractivity contribution in [3.63, 3.8) is 0 Å². The number of benzene rings is 1. The molecule has 24 heavy (non-hydrogen) atoms. The summed E-state index contributed by atoms with van der Waals surface area (Å²) in [4.78, 5) is 23.3. The lowest BCUT2D eigenvalue weighted by atomic mass is 10.1. The Balaban J connectivity index is 2.82. The van der Waals surface area contributed by atoms with Crippen molar-refractivity contribution in [2.75, 3.05) is 6.54 Å². The second-order valence-corrected chi connectivity index (χ2v) is 6.94. The number of amides is 1. The average molecular weight is 354 g/mol. The first-order valence-electron chi connectivity index (χ1n) is 7.56. The van der Waals surface area contributed by atoms with Gasteiger partial charge in [-0.05, 0) is 30.7 Å². The molecule has 0 radical (unpaired) electrons. The molecule has 0 aromatic heterocycles. The number of hydrogen-bond acceptors (Lipinski definition) is 4. The zero-order valence-corrected chi connectivity index (χ0v) is 14.3. The van der Waals surface area contributed by atoms with Crippen molar-refractivity contribution in [2.24, 2.45) is 0 Å². The van der Waals surface area contributed by atoms with Gasteiger partial charge >= 0.3 is 5.97 Å². The number of hydrogen-bond donors (Lipinski definition) is 3. The monoisotopic (exact) mass is 354 g/mol. The first-order valence-corrected chi connectivity index (χ1v) is 9.04. The summed E-state index contributed by atoms with van der Waals surface area (Å²) in [6.07, 6.45) is 3.27. The van der Waals surface area contributed by atoms with Crippen LogP contribution >= 0.6 is 0 Å². The van der Waals surface area contributed by atoms with Gasteiger partial charge in [0.05, 0.1) is 4.90 Å². The summed E-state index contributed by atoms with van der Waals surface area (Å²) in [6.45, 7) is 5.46. The maximum Gasteiger partial charge on any atom is 0.326 e. The highest BCUT2D eigenvalue weighted by atomic mass is 32.2. The van der Waals surface area contributed by atoms with Gasteiger partial charge in [0.25, 0.3) is 5.91 Å². The highest BCUT2D eigenvalue weighted by Gasteiger charge is 2.20. The zero-order chi connectivity index (χ0) is 18.2. The predicted molar refractivity (Wildman–Crippen MR) is 90.2 cm³/mol. The lowest BCUT2D eigenvalue weighted by molar-refractivity contribution is -0.139. The summed E-state index contributed by atoms with van der Waals surface area (Å²) in [5, 5.41) is 11.6. The molecular weight excluding hydrogens is 332 g/mol. The molecular formula is C16H22N2O5S. The van der Waals surface area contributed by atoms with Gasteiger partial charge < -0.3 is 10.4 Å². The molecule has 0 saturated heterocycles. The number of carbonyl (C=O) groups is 2. The Hall–Kier alpha value is -2.19. The lowest BCUT2D eigenvalue weighted by Gasteiger charge is -2.14. The van der Waals surface area contributed by atoms with Crippen molar-refractivity contribution in [3.05, 3.63) is 42.5 Å². The van der Waals surface area contributed by atoms with Crippen LogP contribution in [0, 0.1) is 0 Å². The molecule has 0 spiro atoms. The summed E-state index contributed by atoms with van der Waals surface area (Å²) in [6, 6.07) is 4.31. The molecule has 0 saturated carbocycles. The quantitative estimate of drug-likeness (QED) is 0.552. The molecule has 1 unspecified atom stereocenters. The first-order chi connectivity index (χ1) is 11.3. The molecule has 0 fully saturated rings. The smallest absolute Gasteiger partial charge is 0.326 e. The minimum absolute atomic E-state index is 0.0154. The summed E-state index contributed by atoms with van der Waals surface area (Å²) in [5.41, 5.74) is 0.195. The fourth-order valence-corrected chi connectivity index (χ4v) is 2.94. The average Bonchev–Trinajstić information content (AvgIpc) is 2.56. The Labute approximate surface area is 141 Å². The van der Waals surface area contributed by atoms with Crippen LogP contribution in [0.4, 0.5) is 0 Å². The minimum Gasteiger partial charge on any atom is -0.480 e. The van der Waals surface area contributed by atoms with Crippen molar-refractivity contribution in [1.82, 2.24) is 10.0 Å². The first kappa shape index (κ1) is 19.9. The molecule has 0 aliphatic rings. The van der Waals surface area contributed by atoms with Crippen LogP contribution < -0.4 is 10.0 Å². The van der Waals surface area contributed by atoms with E-state index in [1.807, 2.05) is 6.92 Å². The van der Waals surface area contributed by atoms with Crippen LogP contribution in [0.2, 0.25) is 0 Å². The van der Waals surface area contributed by atoms with Crippen LogP contribution in [0.1, 0.15) is 36.5 Å². The summed E-state index contributed by atoms with van der Waals surface area (Å²) < 4.78 is 26.2. The SMILES string of the molecule is C=CCNS(=O)(=O)c1ccc(C(=O)NC(CCCC)C(=O)O)cc1. The van der Waals surface area contributed by atoms with Crippen molar-refractivity contribution in [3.8, 4) is 0 Å². The van der Waals surface area contributed by atoms with E-state index in [1.165, 1.54) is 30.3 Å². The number of sulfonamides is 1. The normalized spacial score (nSPS) is 12.4. The number of unbranched alkanes of at least 4 members (excludes halogenated alkanes) is 1. The third kappa shape index (κ3) is 5.78. The second kappa shape index (κ2) is 9.19. The molecule has 0 aliphatic carbocycles. The molecule has 1 rings (SSSR count). The highest BCUT2D eigenvalue weighted by Crippen LogP contribution is 2.11. The van der Waals surface area contributed by atoms with Crippen LogP contribution in [0.15, 0.2) is 41.8 Å². The van der Waals surface area contributed by atoms with Crippen LogP contribution in [0.25, 0.3) is 0 Å². The van der Waals surface area contributed by atoms with E-state index in [0.717, 1.165) is 6.42 Å². The summed E-state index contributed by atoms with van der Waals surface area (Å²) >= 11 is 0. The Bertz CT molecular complexity index is 683. The number of aliphatic carboxylic acids is 1. The molecule has 0 bridgehead atoms. The van der Waals surface area contributed by atoms with Crippen molar-refractivity contribution >= 4 is 21.9 Å². The Morgan fingerprint density at radius 1 is 1.29 bits per heavy atom. The van der Waals surface area contributed by atoms with E-state index in [1.54, 1.807) is 0 Å². The third-order valence-electron chi connectivity index (χ3n) is 3.29. The third-order valence-corrected chi connectivity index (χ3v) is 4.73. The van der Waals surface area contributed by atoms with Gasteiger partial charge in [-0.25, -0.2) is 17.9 Å². The predicted octanol–water partition coefficient (Wildman–Crippen LogP) is 1.52. The molecule has 132 valence electrons. The standard InChI is InChI=1S/C16H22N2O5S/c1-3-5-6-14(16(20)21)18-15(19)12-7-9-13(10-8-12)24(22,23)17-11-4-2/h4,7-10,14,17H,2-3,5-6,11H2,1H3,(H,18,19)(H,20,21). The van der Waals surface area contributed by atoms with Gasteiger partial charge in [-0.2, -0.15) is 0 Å². The van der Waals surface area contributed by atoms with Crippen LogP contribution in [0.3, 0.4) is 0 Å². The van der Waals surface area contributed by atoms with E-state index in [4.69, 9.17) is 5.11 Å². The molecule has 1 atom stereocenters. The van der Waals surface area contributed by atoms with Gasteiger partial charge in [-0.15, -0.1) is 6.58 Å². The Morgan fingerprint density at radius 2 is 1.92 bits per heavy atom. The fourth-order valence-electron chi connectivity index (χ4n) is 1.94. The van der Waals surface area contributed by atoms with Crippen LogP contribution in [0.5, 0.6) is 0 Å². The molecule has 0 heterocycles. The molecule has 3 N–H and O–H groups in total. The van der Waals surface area contributed by atoms with Crippen LogP contribution in [-0.2, 0) is 14.8 Å². The van der Waals surface area contributed by atoms with Gasteiger partial charge in [0.15, 0.2) is 0 Å². The topological polar surface area (TPSA) is 113 Å². The Morgan fingerprint density at radius 3 is 2.42 bits per heavy atom. The maximum absolute atomic E-state index is 12.1. The van der Waals surface area contributed by atoms with E-state index in [9.17, 15) is 18.0 Å². The minimum atomic E-state index is -3.66. The van der Waals surface area contributed by atoms with E-state index in [2.05, 4.69) is 16.6 Å². The van der Waals surface area contributed by atoms with Crippen LogP contribution in [-0.4, -0.2) is 38.0 Å².